The van der Waals surface area contributed by atoms with E-state index >= 15 is 0 Å². The van der Waals surface area contributed by atoms with Gasteiger partial charge >= 0.3 is 0 Å². The summed E-state index contributed by atoms with van der Waals surface area (Å²) in [5, 5.41) is 10.4. The Bertz CT molecular complexity index is 1090. The minimum atomic E-state index is -0.166. The molecule has 1 aromatic heterocycles. The van der Waals surface area contributed by atoms with E-state index < -0.39 is 0 Å². The van der Waals surface area contributed by atoms with E-state index in [9.17, 15) is 14.7 Å². The Labute approximate surface area is 172 Å². The lowest BCUT2D eigenvalue weighted by Gasteiger charge is -2.22. The predicted molar refractivity (Wildman–Crippen MR) is 110 cm³/mol. The standard InChI is InChI=1S/C22H20ClNO5/c23-15-5-3-14(4-6-15)19-12-29-20-10-17(7-8-18(20)22(19)27)28-13-21(26)24-9-1-2-16(24)11-25/h3-8,10,12,16,25H,1-2,9,11,13H2. The molecule has 1 atom stereocenters. The summed E-state index contributed by atoms with van der Waals surface area (Å²) in [6.45, 7) is 0.464. The van der Waals surface area contributed by atoms with Crippen LogP contribution in [0.5, 0.6) is 5.75 Å². The second-order valence-corrected chi connectivity index (χ2v) is 7.43. The molecule has 1 N–H and O–H groups in total. The molecular formula is C22H20ClNO5. The Kier molecular flexibility index (Phi) is 5.56. The Morgan fingerprint density at radius 2 is 2.03 bits per heavy atom. The lowest BCUT2D eigenvalue weighted by atomic mass is 10.1. The van der Waals surface area contributed by atoms with Gasteiger partial charge in [-0.2, -0.15) is 0 Å². The molecule has 4 rings (SSSR count). The van der Waals surface area contributed by atoms with E-state index in [0.29, 0.717) is 33.8 Å². The minimum Gasteiger partial charge on any atom is -0.484 e. The summed E-state index contributed by atoms with van der Waals surface area (Å²) in [5.41, 5.74) is 1.40. The molecule has 3 aromatic rings. The van der Waals surface area contributed by atoms with Crippen molar-refractivity contribution in [2.75, 3.05) is 19.8 Å². The maximum Gasteiger partial charge on any atom is 0.260 e. The van der Waals surface area contributed by atoms with Gasteiger partial charge in [0.25, 0.3) is 5.91 Å². The summed E-state index contributed by atoms with van der Waals surface area (Å²) in [7, 11) is 0. The highest BCUT2D eigenvalue weighted by Gasteiger charge is 2.28. The van der Waals surface area contributed by atoms with Crippen LogP contribution in [0, 0.1) is 0 Å². The number of nitrogens with zero attached hydrogens (tertiary/aromatic N) is 1. The normalized spacial score (nSPS) is 16.3. The van der Waals surface area contributed by atoms with Crippen LogP contribution < -0.4 is 10.2 Å². The van der Waals surface area contributed by atoms with Gasteiger partial charge in [-0.25, -0.2) is 0 Å². The van der Waals surface area contributed by atoms with Crippen LogP contribution in [0.25, 0.3) is 22.1 Å². The average molecular weight is 414 g/mol. The van der Waals surface area contributed by atoms with Crippen molar-refractivity contribution in [3.05, 3.63) is 64.0 Å². The molecule has 1 aliphatic rings. The van der Waals surface area contributed by atoms with Crippen LogP contribution in [-0.4, -0.2) is 41.7 Å². The van der Waals surface area contributed by atoms with Gasteiger partial charge in [0.2, 0.25) is 0 Å². The van der Waals surface area contributed by atoms with Crippen LogP contribution in [0.15, 0.2) is 57.9 Å². The number of halogens is 1. The summed E-state index contributed by atoms with van der Waals surface area (Å²) in [6.07, 6.45) is 3.10. The van der Waals surface area contributed by atoms with E-state index in [4.69, 9.17) is 20.8 Å². The van der Waals surface area contributed by atoms with Crippen LogP contribution in [-0.2, 0) is 4.79 Å². The van der Waals surface area contributed by atoms with Crippen molar-refractivity contribution in [1.29, 1.82) is 0 Å². The molecular weight excluding hydrogens is 394 g/mol. The molecule has 0 radical (unpaired) electrons. The van der Waals surface area contributed by atoms with E-state index in [1.54, 1.807) is 47.4 Å². The number of benzene rings is 2. The Hall–Kier alpha value is -2.83. The van der Waals surface area contributed by atoms with Crippen molar-refractivity contribution in [3.63, 3.8) is 0 Å². The van der Waals surface area contributed by atoms with Gasteiger partial charge in [0.15, 0.2) is 12.0 Å². The molecule has 1 aliphatic heterocycles. The molecule has 150 valence electrons. The maximum atomic E-state index is 12.8. The van der Waals surface area contributed by atoms with Crippen molar-refractivity contribution >= 4 is 28.5 Å². The van der Waals surface area contributed by atoms with Crippen molar-refractivity contribution in [1.82, 2.24) is 4.90 Å². The molecule has 0 aliphatic carbocycles. The number of likely N-dealkylation sites (tertiary alicyclic amines) is 1. The number of rotatable bonds is 5. The van der Waals surface area contributed by atoms with Gasteiger partial charge in [0, 0.05) is 17.6 Å². The number of ether oxygens (including phenoxy) is 1. The maximum absolute atomic E-state index is 12.8. The van der Waals surface area contributed by atoms with Gasteiger partial charge in [-0.05, 0) is 42.7 Å². The topological polar surface area (TPSA) is 80.0 Å². The number of aliphatic hydroxyl groups is 1. The van der Waals surface area contributed by atoms with Gasteiger partial charge in [0.1, 0.15) is 17.6 Å². The van der Waals surface area contributed by atoms with Gasteiger partial charge in [-0.15, -0.1) is 0 Å². The summed E-state index contributed by atoms with van der Waals surface area (Å²) < 4.78 is 11.2. The highest BCUT2D eigenvalue weighted by molar-refractivity contribution is 6.30. The van der Waals surface area contributed by atoms with Crippen LogP contribution in [0.4, 0.5) is 0 Å². The first-order valence-corrected chi connectivity index (χ1v) is 9.79. The molecule has 1 saturated heterocycles. The van der Waals surface area contributed by atoms with Gasteiger partial charge < -0.3 is 19.2 Å². The molecule has 0 spiro atoms. The number of carbonyl (C=O) groups excluding carboxylic acids is 1. The zero-order valence-electron chi connectivity index (χ0n) is 15.6. The summed E-state index contributed by atoms with van der Waals surface area (Å²) in [5.74, 6) is 0.272. The van der Waals surface area contributed by atoms with Crippen LogP contribution in [0.2, 0.25) is 5.02 Å². The number of fused-ring (bicyclic) bond motifs is 1. The number of hydrogen-bond donors (Lipinski definition) is 1. The lowest BCUT2D eigenvalue weighted by molar-refractivity contribution is -0.134. The van der Waals surface area contributed by atoms with Crippen molar-refractivity contribution in [2.24, 2.45) is 0 Å². The molecule has 1 unspecified atom stereocenters. The van der Waals surface area contributed by atoms with E-state index in [1.807, 2.05) is 0 Å². The van der Waals surface area contributed by atoms with Gasteiger partial charge in [-0.3, -0.25) is 9.59 Å². The highest BCUT2D eigenvalue weighted by atomic mass is 35.5. The first-order valence-electron chi connectivity index (χ1n) is 9.41. The fraction of sp³-hybridized carbons (Fsp3) is 0.273. The fourth-order valence-corrected chi connectivity index (χ4v) is 3.73. The third-order valence-corrected chi connectivity index (χ3v) is 5.42. The van der Waals surface area contributed by atoms with Crippen molar-refractivity contribution in [2.45, 2.75) is 18.9 Å². The SMILES string of the molecule is O=C(COc1ccc2c(=O)c(-c3ccc(Cl)cc3)coc2c1)N1CCCC1CO. The zero-order chi connectivity index (χ0) is 20.4. The van der Waals surface area contributed by atoms with Crippen LogP contribution in [0.1, 0.15) is 12.8 Å². The number of aliphatic hydroxyl groups excluding tert-OH is 1. The highest BCUT2D eigenvalue weighted by Crippen LogP contribution is 2.24. The molecule has 0 bridgehead atoms. The number of carbonyl (C=O) groups is 1. The number of hydrogen-bond acceptors (Lipinski definition) is 5. The lowest BCUT2D eigenvalue weighted by Crippen LogP contribution is -2.40. The summed E-state index contributed by atoms with van der Waals surface area (Å²) >= 11 is 5.91. The Balaban J connectivity index is 1.52. The molecule has 1 fully saturated rings. The monoisotopic (exact) mass is 413 g/mol. The van der Waals surface area contributed by atoms with E-state index in [1.165, 1.54) is 6.26 Å². The first kappa shape index (κ1) is 19.5. The third-order valence-electron chi connectivity index (χ3n) is 5.17. The van der Waals surface area contributed by atoms with Crippen LogP contribution >= 0.6 is 11.6 Å². The molecule has 2 heterocycles. The fourth-order valence-electron chi connectivity index (χ4n) is 3.61. The summed E-state index contributed by atoms with van der Waals surface area (Å²) in [4.78, 5) is 26.8. The molecule has 0 saturated carbocycles. The van der Waals surface area contributed by atoms with Crippen molar-refractivity contribution < 1.29 is 19.1 Å². The molecule has 1 amide bonds. The van der Waals surface area contributed by atoms with Crippen LogP contribution in [0.3, 0.4) is 0 Å². The van der Waals surface area contributed by atoms with E-state index in [2.05, 4.69) is 0 Å². The van der Waals surface area contributed by atoms with E-state index in [-0.39, 0.29) is 30.6 Å². The molecule has 2 aromatic carbocycles. The molecule has 6 nitrogen and oxygen atoms in total. The van der Waals surface area contributed by atoms with Crippen molar-refractivity contribution in [3.8, 4) is 16.9 Å². The van der Waals surface area contributed by atoms with Gasteiger partial charge in [-0.1, -0.05) is 23.7 Å². The van der Waals surface area contributed by atoms with Gasteiger partial charge in [0.05, 0.1) is 23.6 Å². The first-order chi connectivity index (χ1) is 14.1. The Morgan fingerprint density at radius 1 is 1.24 bits per heavy atom. The Morgan fingerprint density at radius 3 is 2.79 bits per heavy atom. The third kappa shape index (κ3) is 3.99. The number of amides is 1. The average Bonchev–Trinajstić information content (AvgIpc) is 3.22. The smallest absolute Gasteiger partial charge is 0.260 e. The van der Waals surface area contributed by atoms with E-state index in [0.717, 1.165) is 18.4 Å². The molecule has 29 heavy (non-hydrogen) atoms. The quantitative estimate of drug-likeness (QED) is 0.692. The minimum absolute atomic E-state index is 0.0389. The summed E-state index contributed by atoms with van der Waals surface area (Å²) in [6, 6.07) is 11.7. The predicted octanol–water partition coefficient (Wildman–Crippen LogP) is 3.48. The zero-order valence-corrected chi connectivity index (χ0v) is 16.4. The second kappa shape index (κ2) is 8.27. The largest absolute Gasteiger partial charge is 0.484 e. The second-order valence-electron chi connectivity index (χ2n) is 7.00. The molecule has 7 heteroatoms.